The Balaban J connectivity index is 1.61. The highest BCUT2D eigenvalue weighted by Gasteiger charge is 2.44. The van der Waals surface area contributed by atoms with E-state index < -0.39 is 36.4 Å². The number of carbonyl (C=O) groups is 1. The van der Waals surface area contributed by atoms with Gasteiger partial charge in [0, 0.05) is 43.4 Å². The summed E-state index contributed by atoms with van der Waals surface area (Å²) in [4.78, 5) is 18.7. The first-order valence-electron chi connectivity index (χ1n) is 9.45. The van der Waals surface area contributed by atoms with E-state index in [1.807, 2.05) is 0 Å². The monoisotopic (exact) mass is 403 g/mol. The molecule has 1 amide bonds. The van der Waals surface area contributed by atoms with Crippen LogP contribution in [0.2, 0.25) is 0 Å². The molecule has 0 radical (unpaired) electrons. The number of amides is 1. The van der Waals surface area contributed by atoms with Gasteiger partial charge in [-0.05, 0) is 24.3 Å². The van der Waals surface area contributed by atoms with E-state index in [4.69, 9.17) is 0 Å². The highest BCUT2D eigenvalue weighted by atomic mass is 19.3. The molecule has 2 aromatic rings. The molecule has 2 aliphatic rings. The van der Waals surface area contributed by atoms with Gasteiger partial charge in [-0.2, -0.15) is 5.26 Å². The molecule has 2 aliphatic heterocycles. The van der Waals surface area contributed by atoms with Gasteiger partial charge in [-0.3, -0.25) is 9.78 Å². The average molecular weight is 403 g/mol. The summed E-state index contributed by atoms with van der Waals surface area (Å²) < 4.78 is 41.2. The molecule has 2 fully saturated rings. The highest BCUT2D eigenvalue weighted by Crippen LogP contribution is 2.36. The number of carbonyl (C=O) groups excluding carboxylic acids is 1. The minimum Gasteiger partial charge on any atom is -0.370 e. The van der Waals surface area contributed by atoms with E-state index in [1.54, 1.807) is 35.4 Å². The quantitative estimate of drug-likeness (QED) is 0.815. The van der Waals surface area contributed by atoms with Crippen LogP contribution in [-0.2, 0) is 4.79 Å². The van der Waals surface area contributed by atoms with Crippen LogP contribution in [0.15, 0.2) is 30.5 Å². The van der Waals surface area contributed by atoms with Crippen LogP contribution in [0.1, 0.15) is 5.56 Å². The molecule has 6 nitrogen and oxygen atoms in total. The van der Waals surface area contributed by atoms with Crippen LogP contribution in [0.3, 0.4) is 0 Å². The van der Waals surface area contributed by atoms with Crippen molar-refractivity contribution < 1.29 is 18.0 Å². The molecule has 2 N–H and O–H groups in total. The molecule has 4 atom stereocenters. The molecule has 1 aromatic carbocycles. The summed E-state index contributed by atoms with van der Waals surface area (Å²) in [6, 6.07) is 8.18. The zero-order valence-electron chi connectivity index (χ0n) is 15.5. The van der Waals surface area contributed by atoms with Crippen molar-refractivity contribution in [1.82, 2.24) is 15.6 Å². The lowest BCUT2D eigenvalue weighted by atomic mass is 9.95. The van der Waals surface area contributed by atoms with Gasteiger partial charge in [-0.15, -0.1) is 0 Å². The summed E-state index contributed by atoms with van der Waals surface area (Å²) in [5.41, 5.74) is 1.54. The lowest BCUT2D eigenvalue weighted by Gasteiger charge is -2.21. The maximum atomic E-state index is 13.8. The fourth-order valence-corrected chi connectivity index (χ4v) is 4.16. The van der Waals surface area contributed by atoms with E-state index in [2.05, 4.69) is 21.7 Å². The van der Waals surface area contributed by atoms with Crippen molar-refractivity contribution in [2.45, 2.75) is 18.6 Å². The minimum absolute atomic E-state index is 0.00633. The van der Waals surface area contributed by atoms with Gasteiger partial charge >= 0.3 is 0 Å². The number of aromatic nitrogens is 1. The normalized spacial score (nSPS) is 26.8. The van der Waals surface area contributed by atoms with Crippen LogP contribution in [0.4, 0.5) is 18.9 Å². The van der Waals surface area contributed by atoms with E-state index in [1.165, 1.54) is 0 Å². The van der Waals surface area contributed by atoms with Gasteiger partial charge in [0.1, 0.15) is 12.2 Å². The number of pyridine rings is 1. The van der Waals surface area contributed by atoms with Crippen molar-refractivity contribution in [1.29, 1.82) is 5.26 Å². The van der Waals surface area contributed by atoms with E-state index in [0.29, 0.717) is 22.2 Å². The number of anilines is 1. The third-order valence-electron chi connectivity index (χ3n) is 5.70. The first-order valence-corrected chi connectivity index (χ1v) is 9.45. The Morgan fingerprint density at radius 1 is 1.31 bits per heavy atom. The van der Waals surface area contributed by atoms with Gasteiger partial charge in [0.15, 0.2) is 0 Å². The smallest absolute Gasteiger partial charge is 0.243 e. The Hall–Kier alpha value is -2.86. The Bertz CT molecular complexity index is 963. The fourth-order valence-electron chi connectivity index (χ4n) is 4.16. The van der Waals surface area contributed by atoms with Crippen LogP contribution < -0.4 is 15.5 Å². The summed E-state index contributed by atoms with van der Waals surface area (Å²) >= 11 is 0. The number of nitriles is 1. The largest absolute Gasteiger partial charge is 0.370 e. The van der Waals surface area contributed by atoms with Gasteiger partial charge in [0.05, 0.1) is 29.0 Å². The molecule has 3 heterocycles. The van der Waals surface area contributed by atoms with Gasteiger partial charge in [0.25, 0.3) is 0 Å². The fraction of sp³-hybridized carbons (Fsp3) is 0.450. The summed E-state index contributed by atoms with van der Waals surface area (Å²) in [6.07, 6.45) is -2.34. The molecular weight excluding hydrogens is 383 g/mol. The van der Waals surface area contributed by atoms with Crippen molar-refractivity contribution >= 4 is 22.5 Å². The zero-order valence-corrected chi connectivity index (χ0v) is 15.5. The number of nitrogens with one attached hydrogen (secondary N) is 2. The molecular formula is C20H20F3N5O. The number of hydrogen-bond acceptors (Lipinski definition) is 5. The van der Waals surface area contributed by atoms with Gasteiger partial charge in [-0.1, -0.05) is 0 Å². The second-order valence-corrected chi connectivity index (χ2v) is 7.44. The number of rotatable bonds is 4. The Morgan fingerprint density at radius 3 is 2.83 bits per heavy atom. The maximum Gasteiger partial charge on any atom is 0.243 e. The average Bonchev–Trinajstić information content (AvgIpc) is 3.34. The molecule has 2 saturated heterocycles. The summed E-state index contributed by atoms with van der Waals surface area (Å²) in [5, 5.41) is 15.4. The van der Waals surface area contributed by atoms with Crippen LogP contribution in [0.25, 0.3) is 10.9 Å². The van der Waals surface area contributed by atoms with Crippen molar-refractivity contribution in [3.05, 3.63) is 36.0 Å². The molecule has 0 aliphatic carbocycles. The SMILES string of the molecule is N#Cc1ccc(N2C[C@@H](C(=O)N[C@H]3CNC[C@H]3F)[C@H](C(F)F)C2)c2cccnc12. The first kappa shape index (κ1) is 19.5. The van der Waals surface area contributed by atoms with E-state index >= 15 is 0 Å². The second kappa shape index (κ2) is 7.87. The van der Waals surface area contributed by atoms with Crippen molar-refractivity contribution in [3.8, 4) is 6.07 Å². The highest BCUT2D eigenvalue weighted by molar-refractivity contribution is 5.95. The van der Waals surface area contributed by atoms with Gasteiger partial charge in [-0.25, -0.2) is 13.2 Å². The van der Waals surface area contributed by atoms with Gasteiger partial charge in [0.2, 0.25) is 12.3 Å². The molecule has 0 spiro atoms. The molecule has 0 saturated carbocycles. The summed E-state index contributed by atoms with van der Waals surface area (Å²) in [6.45, 7) is 0.514. The predicted molar refractivity (Wildman–Crippen MR) is 101 cm³/mol. The lowest BCUT2D eigenvalue weighted by Crippen LogP contribution is -2.46. The molecule has 9 heteroatoms. The van der Waals surface area contributed by atoms with Crippen molar-refractivity contribution in [2.24, 2.45) is 11.8 Å². The number of alkyl halides is 3. The van der Waals surface area contributed by atoms with Crippen LogP contribution in [-0.4, -0.2) is 55.7 Å². The molecule has 0 unspecified atom stereocenters. The van der Waals surface area contributed by atoms with E-state index in [-0.39, 0.29) is 26.2 Å². The zero-order chi connectivity index (χ0) is 20.5. The minimum atomic E-state index is -2.68. The maximum absolute atomic E-state index is 13.8. The topological polar surface area (TPSA) is 81.0 Å². The van der Waals surface area contributed by atoms with Crippen LogP contribution in [0, 0.1) is 23.2 Å². The van der Waals surface area contributed by atoms with Crippen molar-refractivity contribution in [2.75, 3.05) is 31.1 Å². The van der Waals surface area contributed by atoms with E-state index in [9.17, 15) is 23.2 Å². The number of halogens is 3. The molecule has 1 aromatic heterocycles. The number of hydrogen-bond donors (Lipinski definition) is 2. The Kier molecular flexibility index (Phi) is 5.28. The van der Waals surface area contributed by atoms with Gasteiger partial charge < -0.3 is 15.5 Å². The Labute approximate surface area is 165 Å². The predicted octanol–water partition coefficient (Wildman–Crippen LogP) is 1.85. The third-order valence-corrected chi connectivity index (χ3v) is 5.70. The second-order valence-electron chi connectivity index (χ2n) is 7.44. The number of nitrogens with zero attached hydrogens (tertiary/aromatic N) is 3. The third kappa shape index (κ3) is 3.60. The van der Waals surface area contributed by atoms with Crippen LogP contribution in [0.5, 0.6) is 0 Å². The standard InChI is InChI=1S/C20H20F3N5O/c21-15-7-25-8-16(15)27-20(29)14-10-28(9-13(14)19(22)23)17-4-3-11(6-24)18-12(17)2-1-5-26-18/h1-5,13-16,19,25H,7-10H2,(H,27,29)/t13-,14-,15-,16+/m1/s1. The lowest BCUT2D eigenvalue weighted by molar-refractivity contribution is -0.128. The molecule has 152 valence electrons. The number of fused-ring (bicyclic) bond motifs is 1. The van der Waals surface area contributed by atoms with E-state index in [0.717, 1.165) is 0 Å². The molecule has 4 rings (SSSR count). The van der Waals surface area contributed by atoms with Crippen LogP contribution >= 0.6 is 0 Å². The molecule has 29 heavy (non-hydrogen) atoms. The number of benzene rings is 1. The Morgan fingerprint density at radius 2 is 2.14 bits per heavy atom. The molecule has 0 bridgehead atoms. The summed E-state index contributed by atoms with van der Waals surface area (Å²) in [7, 11) is 0. The van der Waals surface area contributed by atoms with Crippen molar-refractivity contribution in [3.63, 3.8) is 0 Å². The first-order chi connectivity index (χ1) is 14.0. The summed E-state index contributed by atoms with van der Waals surface area (Å²) in [5.74, 6) is -2.67.